The summed E-state index contributed by atoms with van der Waals surface area (Å²) in [5.74, 6) is 1.57. The Balaban J connectivity index is 2.87. The van der Waals surface area contributed by atoms with E-state index in [0.29, 0.717) is 6.54 Å². The monoisotopic (exact) mass is 357 g/mol. The van der Waals surface area contributed by atoms with Gasteiger partial charge < -0.3 is 14.7 Å². The third-order valence-electron chi connectivity index (χ3n) is 4.15. The summed E-state index contributed by atoms with van der Waals surface area (Å²) in [5.41, 5.74) is 0.0919. The average molecular weight is 357 g/mol. The maximum absolute atomic E-state index is 12.9. The van der Waals surface area contributed by atoms with Crippen molar-refractivity contribution in [2.75, 3.05) is 20.2 Å². The fraction of sp³-hybridized carbons (Fsp3) is 0.429. The maximum Gasteiger partial charge on any atom is 0.306 e. The van der Waals surface area contributed by atoms with Crippen molar-refractivity contribution in [3.63, 3.8) is 0 Å². The first-order chi connectivity index (χ1) is 12.2. The number of carboxylic acid groups (broad SMARTS) is 1. The number of carbonyl (C=O) groups is 2. The van der Waals surface area contributed by atoms with E-state index in [4.69, 9.17) is 16.3 Å². The van der Waals surface area contributed by atoms with Crippen LogP contribution in [0.1, 0.15) is 32.8 Å². The van der Waals surface area contributed by atoms with Gasteiger partial charge in [-0.25, -0.2) is 0 Å². The number of amides is 1. The van der Waals surface area contributed by atoms with E-state index >= 15 is 0 Å². The topological polar surface area (TPSA) is 66.8 Å². The molecule has 0 fully saturated rings. The summed E-state index contributed by atoms with van der Waals surface area (Å²) in [6.07, 6.45) is 9.38. The average Bonchev–Trinajstić information content (AvgIpc) is 2.60. The summed E-state index contributed by atoms with van der Waals surface area (Å²) in [6.45, 7) is 5.61. The van der Waals surface area contributed by atoms with Crippen molar-refractivity contribution in [1.82, 2.24) is 4.90 Å². The molecule has 0 saturated carbocycles. The molecule has 0 radical (unpaired) electrons. The van der Waals surface area contributed by atoms with Crippen LogP contribution in [0, 0.1) is 23.7 Å². The lowest BCUT2D eigenvalue weighted by atomic mass is 9.82. The van der Waals surface area contributed by atoms with Crippen LogP contribution in [0.4, 0.5) is 0 Å². The standard InChI is InChI=1S/C21H27NO4/c1-6-13-22(20(25)21(3,4)15-16(2)19(23)24)14-9-11-17-10-7-8-12-18(17)26-5/h1,7-12,16H,13-15H2,2-5H3,(H,23,24)/b11-9+. The molecule has 5 nitrogen and oxygen atoms in total. The van der Waals surface area contributed by atoms with Crippen molar-refractivity contribution in [2.24, 2.45) is 11.3 Å². The molecule has 0 spiro atoms. The molecule has 0 aliphatic carbocycles. The smallest absolute Gasteiger partial charge is 0.306 e. The van der Waals surface area contributed by atoms with Gasteiger partial charge in [-0.2, -0.15) is 0 Å². The lowest BCUT2D eigenvalue weighted by molar-refractivity contribution is -0.145. The minimum Gasteiger partial charge on any atom is -0.496 e. The van der Waals surface area contributed by atoms with Gasteiger partial charge in [-0.1, -0.05) is 57.0 Å². The van der Waals surface area contributed by atoms with Crippen molar-refractivity contribution in [1.29, 1.82) is 0 Å². The Morgan fingerprint density at radius 3 is 2.62 bits per heavy atom. The molecule has 0 aliphatic heterocycles. The SMILES string of the molecule is C#CCN(C/C=C/c1ccccc1OC)C(=O)C(C)(C)CC(C)C(=O)O. The lowest BCUT2D eigenvalue weighted by Crippen LogP contribution is -2.42. The summed E-state index contributed by atoms with van der Waals surface area (Å²) in [5, 5.41) is 9.11. The number of benzene rings is 1. The maximum atomic E-state index is 12.9. The number of para-hydroxylation sites is 1. The van der Waals surface area contributed by atoms with Crippen LogP contribution in [-0.2, 0) is 9.59 Å². The highest BCUT2D eigenvalue weighted by Gasteiger charge is 2.34. The second-order valence-electron chi connectivity index (χ2n) is 6.86. The quantitative estimate of drug-likeness (QED) is 0.689. The van der Waals surface area contributed by atoms with Gasteiger partial charge in [0.15, 0.2) is 0 Å². The van der Waals surface area contributed by atoms with E-state index in [1.54, 1.807) is 32.8 Å². The molecule has 1 atom stereocenters. The molecular formula is C21H27NO4. The first-order valence-electron chi connectivity index (χ1n) is 8.48. The molecule has 140 valence electrons. The van der Waals surface area contributed by atoms with Gasteiger partial charge in [0.1, 0.15) is 5.75 Å². The molecule has 1 rings (SSSR count). The van der Waals surface area contributed by atoms with Gasteiger partial charge in [-0.15, -0.1) is 6.42 Å². The van der Waals surface area contributed by atoms with E-state index in [0.717, 1.165) is 11.3 Å². The van der Waals surface area contributed by atoms with E-state index in [-0.39, 0.29) is 18.9 Å². The first-order valence-corrected chi connectivity index (χ1v) is 8.48. The van der Waals surface area contributed by atoms with Gasteiger partial charge >= 0.3 is 5.97 Å². The summed E-state index contributed by atoms with van der Waals surface area (Å²) in [7, 11) is 1.60. The first kappa shape index (κ1) is 21.3. The number of rotatable bonds is 9. The summed E-state index contributed by atoms with van der Waals surface area (Å²) in [4.78, 5) is 25.5. The number of hydrogen-bond acceptors (Lipinski definition) is 3. The number of carbonyl (C=O) groups excluding carboxylic acids is 1. The fourth-order valence-corrected chi connectivity index (χ4v) is 2.81. The summed E-state index contributed by atoms with van der Waals surface area (Å²) >= 11 is 0. The van der Waals surface area contributed by atoms with Crippen molar-refractivity contribution < 1.29 is 19.4 Å². The zero-order valence-corrected chi connectivity index (χ0v) is 15.9. The molecular weight excluding hydrogens is 330 g/mol. The molecule has 1 unspecified atom stereocenters. The second kappa shape index (κ2) is 9.67. The van der Waals surface area contributed by atoms with Crippen LogP contribution in [0.25, 0.3) is 6.08 Å². The van der Waals surface area contributed by atoms with Crippen LogP contribution in [0.3, 0.4) is 0 Å². The minimum atomic E-state index is -0.912. The number of nitrogens with zero attached hydrogens (tertiary/aromatic N) is 1. The number of ether oxygens (including phenoxy) is 1. The Bertz CT molecular complexity index is 700. The normalized spacial score (nSPS) is 12.4. The molecule has 0 bridgehead atoms. The zero-order chi connectivity index (χ0) is 19.7. The zero-order valence-electron chi connectivity index (χ0n) is 15.9. The Labute approximate surface area is 155 Å². The van der Waals surface area contributed by atoms with E-state index in [9.17, 15) is 9.59 Å². The molecule has 1 aromatic rings. The highest BCUT2D eigenvalue weighted by molar-refractivity contribution is 5.83. The molecule has 26 heavy (non-hydrogen) atoms. The molecule has 0 heterocycles. The molecule has 1 amide bonds. The highest BCUT2D eigenvalue weighted by Crippen LogP contribution is 2.28. The third kappa shape index (κ3) is 5.96. The van der Waals surface area contributed by atoms with Gasteiger partial charge in [0, 0.05) is 17.5 Å². The minimum absolute atomic E-state index is 0.159. The van der Waals surface area contributed by atoms with Gasteiger partial charge in [0.2, 0.25) is 5.91 Å². The van der Waals surface area contributed by atoms with Crippen molar-refractivity contribution in [3.05, 3.63) is 35.9 Å². The molecule has 5 heteroatoms. The molecule has 1 aromatic carbocycles. The van der Waals surface area contributed by atoms with Gasteiger partial charge in [-0.05, 0) is 12.5 Å². The molecule has 0 aliphatic rings. The van der Waals surface area contributed by atoms with Crippen LogP contribution < -0.4 is 4.74 Å². The highest BCUT2D eigenvalue weighted by atomic mass is 16.5. The number of hydrogen-bond donors (Lipinski definition) is 1. The van der Waals surface area contributed by atoms with E-state index in [1.807, 2.05) is 36.4 Å². The Morgan fingerprint density at radius 2 is 2.04 bits per heavy atom. The lowest BCUT2D eigenvalue weighted by Gasteiger charge is -2.31. The number of carboxylic acids is 1. The van der Waals surface area contributed by atoms with Crippen LogP contribution in [-0.4, -0.2) is 42.1 Å². The Morgan fingerprint density at radius 1 is 1.38 bits per heavy atom. The second-order valence-corrected chi connectivity index (χ2v) is 6.86. The van der Waals surface area contributed by atoms with Gasteiger partial charge in [0.05, 0.1) is 19.6 Å². The van der Waals surface area contributed by atoms with E-state index < -0.39 is 17.3 Å². The van der Waals surface area contributed by atoms with Crippen LogP contribution in [0.5, 0.6) is 5.75 Å². The predicted molar refractivity (Wildman–Crippen MR) is 103 cm³/mol. The fourth-order valence-electron chi connectivity index (χ4n) is 2.81. The molecule has 0 aromatic heterocycles. The molecule has 1 N–H and O–H groups in total. The van der Waals surface area contributed by atoms with E-state index in [2.05, 4.69) is 5.92 Å². The Kier molecular flexibility index (Phi) is 7.92. The van der Waals surface area contributed by atoms with Crippen LogP contribution in [0.15, 0.2) is 30.3 Å². The summed E-state index contributed by atoms with van der Waals surface area (Å²) in [6, 6.07) is 7.57. The Hall–Kier alpha value is -2.74. The van der Waals surface area contributed by atoms with Gasteiger partial charge in [-0.3, -0.25) is 9.59 Å². The van der Waals surface area contributed by atoms with Crippen LogP contribution in [0.2, 0.25) is 0 Å². The number of methoxy groups -OCH3 is 1. The predicted octanol–water partition coefficient (Wildman–Crippen LogP) is 3.31. The van der Waals surface area contributed by atoms with Crippen molar-refractivity contribution in [3.8, 4) is 18.1 Å². The van der Waals surface area contributed by atoms with Crippen molar-refractivity contribution in [2.45, 2.75) is 27.2 Å². The summed E-state index contributed by atoms with van der Waals surface area (Å²) < 4.78 is 5.30. The molecule has 0 saturated heterocycles. The largest absolute Gasteiger partial charge is 0.496 e. The van der Waals surface area contributed by atoms with Crippen molar-refractivity contribution >= 4 is 18.0 Å². The van der Waals surface area contributed by atoms with Gasteiger partial charge in [0.25, 0.3) is 0 Å². The number of aliphatic carboxylic acids is 1. The third-order valence-corrected chi connectivity index (χ3v) is 4.15. The number of terminal acetylenes is 1. The van der Waals surface area contributed by atoms with Crippen LogP contribution >= 0.6 is 0 Å². The van der Waals surface area contributed by atoms with E-state index in [1.165, 1.54) is 0 Å².